The monoisotopic (exact) mass is 347 g/mol. The van der Waals surface area contributed by atoms with Crippen LogP contribution in [-0.2, 0) is 17.9 Å². The first-order chi connectivity index (χ1) is 11.7. The molecule has 1 aliphatic heterocycles. The second kappa shape index (κ2) is 6.21. The Morgan fingerprint density at radius 1 is 1.46 bits per heavy atom. The van der Waals surface area contributed by atoms with Crippen molar-refractivity contribution in [2.45, 2.75) is 38.4 Å². The van der Waals surface area contributed by atoms with Crippen LogP contribution in [0.1, 0.15) is 24.3 Å². The molecule has 2 aromatic rings. The normalized spacial score (nSPS) is 22.2. The second-order valence-electron chi connectivity index (χ2n) is 6.81. The van der Waals surface area contributed by atoms with Gasteiger partial charge in [-0.2, -0.15) is 0 Å². The van der Waals surface area contributed by atoms with Gasteiger partial charge in [-0.05, 0) is 42.2 Å². The SMILES string of the molecule is CN(Cc1nccs1)C1CC12CCN(C(=O)Cn1cnnn1)CC2. The molecule has 2 aliphatic rings. The third-order valence-corrected chi connectivity index (χ3v) is 6.11. The van der Waals surface area contributed by atoms with E-state index in [1.807, 2.05) is 16.5 Å². The lowest BCUT2D eigenvalue weighted by molar-refractivity contribution is -0.133. The molecule has 1 aliphatic carbocycles. The van der Waals surface area contributed by atoms with Gasteiger partial charge in [0.25, 0.3) is 0 Å². The fraction of sp³-hybridized carbons (Fsp3) is 0.667. The van der Waals surface area contributed by atoms with E-state index in [1.54, 1.807) is 11.3 Å². The fourth-order valence-corrected chi connectivity index (χ4v) is 4.51. The van der Waals surface area contributed by atoms with Crippen LogP contribution in [0.5, 0.6) is 0 Å². The number of likely N-dealkylation sites (tertiary alicyclic amines) is 1. The van der Waals surface area contributed by atoms with Crippen molar-refractivity contribution in [1.82, 2.24) is 35.0 Å². The Labute approximate surface area is 144 Å². The fourth-order valence-electron chi connectivity index (χ4n) is 3.83. The molecule has 8 nitrogen and oxygen atoms in total. The Hall–Kier alpha value is -1.87. The van der Waals surface area contributed by atoms with Crippen LogP contribution in [-0.4, -0.2) is 67.1 Å². The number of piperidine rings is 1. The standard InChI is InChI=1S/C15H21N7OS/c1-20(9-13-16-4-7-24-13)12-8-15(12)2-5-21(6-3-15)14(23)10-22-11-17-18-19-22/h4,7,11-12H,2-3,5-6,8-10H2,1H3. The highest BCUT2D eigenvalue weighted by atomic mass is 32.1. The second-order valence-corrected chi connectivity index (χ2v) is 7.79. The van der Waals surface area contributed by atoms with Crippen molar-refractivity contribution in [3.8, 4) is 0 Å². The Kier molecular flexibility index (Phi) is 4.05. The van der Waals surface area contributed by atoms with Gasteiger partial charge in [-0.15, -0.1) is 16.4 Å². The Morgan fingerprint density at radius 3 is 2.96 bits per heavy atom. The highest BCUT2D eigenvalue weighted by molar-refractivity contribution is 7.09. The summed E-state index contributed by atoms with van der Waals surface area (Å²) in [6.07, 6.45) is 6.76. The van der Waals surface area contributed by atoms with Gasteiger partial charge < -0.3 is 4.90 Å². The first-order valence-electron chi connectivity index (χ1n) is 8.23. The molecule has 1 amide bonds. The van der Waals surface area contributed by atoms with Crippen molar-refractivity contribution in [3.05, 3.63) is 22.9 Å². The molecule has 1 saturated carbocycles. The summed E-state index contributed by atoms with van der Waals surface area (Å²) in [6.45, 7) is 2.82. The number of carbonyl (C=O) groups is 1. The molecular weight excluding hydrogens is 326 g/mol. The molecule has 1 saturated heterocycles. The summed E-state index contributed by atoms with van der Waals surface area (Å²) in [5.74, 6) is 0.102. The molecular formula is C15H21N7OS. The molecule has 1 unspecified atom stereocenters. The maximum absolute atomic E-state index is 12.3. The van der Waals surface area contributed by atoms with Crippen molar-refractivity contribution in [3.63, 3.8) is 0 Å². The first-order valence-corrected chi connectivity index (χ1v) is 9.11. The van der Waals surface area contributed by atoms with Gasteiger partial charge in [0.2, 0.25) is 5.91 Å². The van der Waals surface area contributed by atoms with E-state index >= 15 is 0 Å². The van der Waals surface area contributed by atoms with Gasteiger partial charge in [-0.25, -0.2) is 9.67 Å². The summed E-state index contributed by atoms with van der Waals surface area (Å²) in [5.41, 5.74) is 0.400. The Bertz CT molecular complexity index is 679. The number of carbonyl (C=O) groups excluding carboxylic acids is 1. The van der Waals surface area contributed by atoms with Gasteiger partial charge in [-0.3, -0.25) is 9.69 Å². The summed E-state index contributed by atoms with van der Waals surface area (Å²) >= 11 is 1.71. The van der Waals surface area contributed by atoms with Crippen LogP contribution in [0.3, 0.4) is 0 Å². The maximum atomic E-state index is 12.3. The average molecular weight is 347 g/mol. The van der Waals surface area contributed by atoms with Crippen molar-refractivity contribution in [2.24, 2.45) is 5.41 Å². The number of nitrogens with zero attached hydrogens (tertiary/aromatic N) is 7. The zero-order valence-electron chi connectivity index (χ0n) is 13.7. The maximum Gasteiger partial charge on any atom is 0.244 e. The van der Waals surface area contributed by atoms with Gasteiger partial charge >= 0.3 is 0 Å². The molecule has 0 bridgehead atoms. The molecule has 2 aromatic heterocycles. The van der Waals surface area contributed by atoms with E-state index < -0.39 is 0 Å². The third-order valence-electron chi connectivity index (χ3n) is 5.35. The highest BCUT2D eigenvalue weighted by Crippen LogP contribution is 2.56. The molecule has 4 rings (SSSR count). The van der Waals surface area contributed by atoms with Gasteiger partial charge in [0.15, 0.2) is 0 Å². The molecule has 128 valence electrons. The van der Waals surface area contributed by atoms with Gasteiger partial charge in [0, 0.05) is 30.7 Å². The number of hydrogen-bond donors (Lipinski definition) is 0. The van der Waals surface area contributed by atoms with Crippen LogP contribution in [0, 0.1) is 5.41 Å². The molecule has 0 N–H and O–H groups in total. The van der Waals surface area contributed by atoms with Crippen LogP contribution in [0.25, 0.3) is 0 Å². The van der Waals surface area contributed by atoms with Crippen LogP contribution < -0.4 is 0 Å². The van der Waals surface area contributed by atoms with E-state index in [-0.39, 0.29) is 12.5 Å². The van der Waals surface area contributed by atoms with Crippen molar-refractivity contribution in [1.29, 1.82) is 0 Å². The molecule has 2 fully saturated rings. The Balaban J connectivity index is 1.28. The molecule has 9 heteroatoms. The highest BCUT2D eigenvalue weighted by Gasteiger charge is 2.56. The predicted octanol–water partition coefficient (Wildman–Crippen LogP) is 0.643. The van der Waals surface area contributed by atoms with Crippen molar-refractivity contribution >= 4 is 17.2 Å². The lowest BCUT2D eigenvalue weighted by atomic mass is 9.92. The summed E-state index contributed by atoms with van der Waals surface area (Å²) in [5, 5.41) is 14.1. The zero-order chi connectivity index (χ0) is 16.6. The minimum absolute atomic E-state index is 0.102. The van der Waals surface area contributed by atoms with Crippen LogP contribution in [0.2, 0.25) is 0 Å². The smallest absolute Gasteiger partial charge is 0.244 e. The average Bonchev–Trinajstić information content (AvgIpc) is 2.99. The lowest BCUT2D eigenvalue weighted by Gasteiger charge is -2.34. The quantitative estimate of drug-likeness (QED) is 0.790. The predicted molar refractivity (Wildman–Crippen MR) is 88.1 cm³/mol. The van der Waals surface area contributed by atoms with Gasteiger partial charge in [0.05, 0.1) is 6.54 Å². The van der Waals surface area contributed by atoms with Crippen LogP contribution in [0.15, 0.2) is 17.9 Å². The topological polar surface area (TPSA) is 80.0 Å². The molecule has 1 atom stereocenters. The summed E-state index contributed by atoms with van der Waals surface area (Å²) in [7, 11) is 2.19. The van der Waals surface area contributed by atoms with E-state index in [9.17, 15) is 4.79 Å². The molecule has 3 heterocycles. The molecule has 0 radical (unpaired) electrons. The number of rotatable bonds is 5. The van der Waals surface area contributed by atoms with Crippen LogP contribution in [0.4, 0.5) is 0 Å². The lowest BCUT2D eigenvalue weighted by Crippen LogP contribution is -2.42. The minimum atomic E-state index is 0.102. The van der Waals surface area contributed by atoms with E-state index in [0.29, 0.717) is 11.5 Å². The zero-order valence-corrected chi connectivity index (χ0v) is 14.5. The van der Waals surface area contributed by atoms with Crippen LogP contribution >= 0.6 is 11.3 Å². The Morgan fingerprint density at radius 2 is 2.29 bits per heavy atom. The number of thiazole rings is 1. The minimum Gasteiger partial charge on any atom is -0.341 e. The first kappa shape index (κ1) is 15.6. The number of hydrogen-bond acceptors (Lipinski definition) is 7. The summed E-state index contributed by atoms with van der Waals surface area (Å²) in [6, 6.07) is 0.623. The number of amides is 1. The third kappa shape index (κ3) is 3.05. The van der Waals surface area contributed by atoms with E-state index in [4.69, 9.17) is 0 Å². The summed E-state index contributed by atoms with van der Waals surface area (Å²) in [4.78, 5) is 21.1. The van der Waals surface area contributed by atoms with E-state index in [0.717, 1.165) is 32.5 Å². The number of aromatic nitrogens is 5. The molecule has 24 heavy (non-hydrogen) atoms. The van der Waals surface area contributed by atoms with Crippen molar-refractivity contribution in [2.75, 3.05) is 20.1 Å². The largest absolute Gasteiger partial charge is 0.341 e. The van der Waals surface area contributed by atoms with E-state index in [1.165, 1.54) is 22.4 Å². The van der Waals surface area contributed by atoms with Gasteiger partial charge in [0.1, 0.15) is 17.9 Å². The number of tetrazole rings is 1. The molecule has 1 spiro atoms. The van der Waals surface area contributed by atoms with Gasteiger partial charge in [-0.1, -0.05) is 0 Å². The molecule has 0 aromatic carbocycles. The van der Waals surface area contributed by atoms with Crippen molar-refractivity contribution < 1.29 is 4.79 Å². The van der Waals surface area contributed by atoms with E-state index in [2.05, 4.69) is 32.5 Å². The summed E-state index contributed by atoms with van der Waals surface area (Å²) < 4.78 is 1.48.